The zero-order valence-electron chi connectivity index (χ0n) is 12.3. The summed E-state index contributed by atoms with van der Waals surface area (Å²) in [6.45, 7) is 8.41. The van der Waals surface area contributed by atoms with Crippen molar-refractivity contribution in [2.75, 3.05) is 6.54 Å². The number of aryl methyl sites for hydroxylation is 4. The van der Waals surface area contributed by atoms with Gasteiger partial charge < -0.3 is 9.88 Å². The first kappa shape index (κ1) is 13.8. The normalized spacial score (nSPS) is 10.9. The van der Waals surface area contributed by atoms with Crippen molar-refractivity contribution < 1.29 is 0 Å². The number of aromatic nitrogens is 2. The maximum atomic E-state index is 4.33. The molecule has 0 saturated carbocycles. The summed E-state index contributed by atoms with van der Waals surface area (Å²) in [5.41, 5.74) is 5.50. The minimum Gasteiger partial charge on any atom is -0.338 e. The summed E-state index contributed by atoms with van der Waals surface area (Å²) < 4.78 is 2.07. The van der Waals surface area contributed by atoms with Crippen molar-refractivity contribution in [3.63, 3.8) is 0 Å². The Morgan fingerprint density at radius 2 is 1.84 bits per heavy atom. The van der Waals surface area contributed by atoms with Crippen LogP contribution in [0.15, 0.2) is 24.5 Å². The van der Waals surface area contributed by atoms with Crippen molar-refractivity contribution in [1.82, 2.24) is 14.9 Å². The van der Waals surface area contributed by atoms with E-state index in [-0.39, 0.29) is 0 Å². The van der Waals surface area contributed by atoms with Crippen LogP contribution in [0.4, 0.5) is 0 Å². The van der Waals surface area contributed by atoms with E-state index >= 15 is 0 Å². The van der Waals surface area contributed by atoms with Crippen molar-refractivity contribution >= 4 is 0 Å². The summed E-state index contributed by atoms with van der Waals surface area (Å²) in [6.07, 6.45) is 4.80. The molecular weight excluding hydrogens is 234 g/mol. The molecule has 0 spiro atoms. The molecule has 0 aliphatic heterocycles. The van der Waals surface area contributed by atoms with Gasteiger partial charge in [-0.15, -0.1) is 0 Å². The number of hydrogen-bond donors (Lipinski definition) is 1. The summed E-state index contributed by atoms with van der Waals surface area (Å²) in [6, 6.07) is 4.56. The average Bonchev–Trinajstić information content (AvgIpc) is 2.77. The topological polar surface area (TPSA) is 29.9 Å². The fourth-order valence-electron chi connectivity index (χ4n) is 2.27. The molecule has 1 N–H and O–H groups in total. The van der Waals surface area contributed by atoms with Crippen LogP contribution >= 0.6 is 0 Å². The molecule has 0 atom stereocenters. The van der Waals surface area contributed by atoms with E-state index in [9.17, 15) is 0 Å². The van der Waals surface area contributed by atoms with Crippen LogP contribution in [-0.2, 0) is 20.0 Å². The lowest BCUT2D eigenvalue weighted by Crippen LogP contribution is -2.18. The van der Waals surface area contributed by atoms with Crippen molar-refractivity contribution in [2.24, 2.45) is 7.05 Å². The highest BCUT2D eigenvalue weighted by molar-refractivity contribution is 5.36. The monoisotopic (exact) mass is 257 g/mol. The molecule has 0 fully saturated rings. The van der Waals surface area contributed by atoms with Gasteiger partial charge in [0.1, 0.15) is 5.82 Å². The Hall–Kier alpha value is -1.61. The quantitative estimate of drug-likeness (QED) is 0.835. The Bertz CT molecular complexity index is 555. The summed E-state index contributed by atoms with van der Waals surface area (Å²) in [5, 5.41) is 3.50. The average molecular weight is 257 g/mol. The van der Waals surface area contributed by atoms with E-state index in [0.29, 0.717) is 0 Å². The van der Waals surface area contributed by atoms with Gasteiger partial charge >= 0.3 is 0 Å². The van der Waals surface area contributed by atoms with Gasteiger partial charge in [0.15, 0.2) is 0 Å². The molecule has 0 aliphatic rings. The smallest absolute Gasteiger partial charge is 0.109 e. The van der Waals surface area contributed by atoms with Gasteiger partial charge in [-0.2, -0.15) is 0 Å². The molecule has 3 nitrogen and oxygen atoms in total. The Balaban J connectivity index is 1.86. The van der Waals surface area contributed by atoms with Gasteiger partial charge in [0, 0.05) is 39.0 Å². The van der Waals surface area contributed by atoms with E-state index < -0.39 is 0 Å². The zero-order valence-corrected chi connectivity index (χ0v) is 12.3. The van der Waals surface area contributed by atoms with Crippen LogP contribution in [0.25, 0.3) is 0 Å². The third kappa shape index (κ3) is 3.44. The standard InChI is InChI=1S/C16H23N3/c1-12-9-14(3)15(10-13(12)2)11-17-6-5-16-18-7-8-19(16)4/h7-10,17H,5-6,11H2,1-4H3. The minimum absolute atomic E-state index is 0.928. The molecule has 19 heavy (non-hydrogen) atoms. The molecule has 1 aromatic heterocycles. The van der Waals surface area contributed by atoms with Gasteiger partial charge in [-0.05, 0) is 43.0 Å². The second-order valence-corrected chi connectivity index (χ2v) is 5.24. The van der Waals surface area contributed by atoms with Crippen LogP contribution < -0.4 is 5.32 Å². The van der Waals surface area contributed by atoms with Gasteiger partial charge in [-0.1, -0.05) is 12.1 Å². The highest BCUT2D eigenvalue weighted by Gasteiger charge is 2.02. The number of nitrogens with zero attached hydrogens (tertiary/aromatic N) is 2. The van der Waals surface area contributed by atoms with Crippen LogP contribution in [0, 0.1) is 20.8 Å². The lowest BCUT2D eigenvalue weighted by molar-refractivity contribution is 0.653. The lowest BCUT2D eigenvalue weighted by atomic mass is 10.0. The molecular formula is C16H23N3. The predicted molar refractivity (Wildman–Crippen MR) is 79.3 cm³/mol. The molecule has 0 saturated heterocycles. The van der Waals surface area contributed by atoms with E-state index in [4.69, 9.17) is 0 Å². The van der Waals surface area contributed by atoms with Gasteiger partial charge in [0.25, 0.3) is 0 Å². The SMILES string of the molecule is Cc1cc(C)c(CNCCc2nccn2C)cc1C. The highest BCUT2D eigenvalue weighted by atomic mass is 15.0. The number of hydrogen-bond acceptors (Lipinski definition) is 2. The Labute approximate surface area is 115 Å². The zero-order chi connectivity index (χ0) is 13.8. The van der Waals surface area contributed by atoms with E-state index in [1.165, 1.54) is 22.3 Å². The van der Waals surface area contributed by atoms with E-state index in [2.05, 4.69) is 47.8 Å². The van der Waals surface area contributed by atoms with Gasteiger partial charge in [-0.3, -0.25) is 0 Å². The van der Waals surface area contributed by atoms with Crippen molar-refractivity contribution in [3.8, 4) is 0 Å². The largest absolute Gasteiger partial charge is 0.338 e. The predicted octanol–water partition coefficient (Wildman–Crippen LogP) is 2.68. The highest BCUT2D eigenvalue weighted by Crippen LogP contribution is 2.15. The third-order valence-corrected chi connectivity index (χ3v) is 3.71. The molecule has 1 heterocycles. The van der Waals surface area contributed by atoms with Crippen LogP contribution in [0.3, 0.4) is 0 Å². The van der Waals surface area contributed by atoms with Crippen LogP contribution in [0.1, 0.15) is 28.1 Å². The van der Waals surface area contributed by atoms with E-state index in [0.717, 1.165) is 25.3 Å². The fraction of sp³-hybridized carbons (Fsp3) is 0.438. The van der Waals surface area contributed by atoms with E-state index in [1.807, 2.05) is 19.4 Å². The van der Waals surface area contributed by atoms with Crippen molar-refractivity contribution in [2.45, 2.75) is 33.7 Å². The molecule has 0 bridgehead atoms. The molecule has 3 heteroatoms. The van der Waals surface area contributed by atoms with Gasteiger partial charge in [-0.25, -0.2) is 4.98 Å². The minimum atomic E-state index is 0.928. The second kappa shape index (κ2) is 6.02. The maximum Gasteiger partial charge on any atom is 0.109 e. The second-order valence-electron chi connectivity index (χ2n) is 5.24. The Morgan fingerprint density at radius 1 is 1.11 bits per heavy atom. The number of benzene rings is 1. The summed E-state index contributed by atoms with van der Waals surface area (Å²) in [7, 11) is 2.04. The first-order valence-corrected chi connectivity index (χ1v) is 6.81. The fourth-order valence-corrected chi connectivity index (χ4v) is 2.27. The molecule has 0 aliphatic carbocycles. The first-order valence-electron chi connectivity index (χ1n) is 6.81. The molecule has 102 valence electrons. The third-order valence-electron chi connectivity index (χ3n) is 3.71. The van der Waals surface area contributed by atoms with Crippen LogP contribution in [0.5, 0.6) is 0 Å². The summed E-state index contributed by atoms with van der Waals surface area (Å²) >= 11 is 0. The molecule has 1 aromatic carbocycles. The Morgan fingerprint density at radius 3 is 2.53 bits per heavy atom. The maximum absolute atomic E-state index is 4.33. The number of nitrogens with one attached hydrogen (secondary N) is 1. The van der Waals surface area contributed by atoms with Crippen molar-refractivity contribution in [3.05, 3.63) is 52.6 Å². The van der Waals surface area contributed by atoms with Gasteiger partial charge in [0.2, 0.25) is 0 Å². The molecule has 0 amide bonds. The first-order chi connectivity index (χ1) is 9.08. The van der Waals surface area contributed by atoms with E-state index in [1.54, 1.807) is 0 Å². The van der Waals surface area contributed by atoms with Crippen LogP contribution in [0.2, 0.25) is 0 Å². The molecule has 0 unspecified atom stereocenters. The summed E-state index contributed by atoms with van der Waals surface area (Å²) in [5.74, 6) is 1.13. The van der Waals surface area contributed by atoms with Crippen molar-refractivity contribution in [1.29, 1.82) is 0 Å². The number of imidazole rings is 1. The molecule has 2 rings (SSSR count). The molecule has 2 aromatic rings. The molecule has 0 radical (unpaired) electrons. The lowest BCUT2D eigenvalue weighted by Gasteiger charge is -2.11. The van der Waals surface area contributed by atoms with Gasteiger partial charge in [0.05, 0.1) is 0 Å². The van der Waals surface area contributed by atoms with Crippen LogP contribution in [-0.4, -0.2) is 16.1 Å². The Kier molecular flexibility index (Phi) is 4.38. The summed E-state index contributed by atoms with van der Waals surface area (Å²) in [4.78, 5) is 4.33. The number of rotatable bonds is 5.